The molecule has 4 rings (SSSR count). The minimum Gasteiger partial charge on any atom is -0.337 e. The number of fused-ring (bicyclic) bond motifs is 3. The monoisotopic (exact) mass is 284 g/mol. The number of carbonyl (C=O) groups excluding carboxylic acids is 1. The lowest BCUT2D eigenvalue weighted by Gasteiger charge is -2.39. The maximum absolute atomic E-state index is 11.8. The van der Waals surface area contributed by atoms with Crippen LogP contribution in [-0.2, 0) is 4.79 Å². The SMILES string of the molecule is CC(=O)N1[C@@H]2CC[C@H]1CC(n1c(C)nc3ccncc31)C2. The van der Waals surface area contributed by atoms with E-state index in [4.69, 9.17) is 0 Å². The maximum Gasteiger partial charge on any atom is 0.219 e. The molecule has 5 heteroatoms. The molecule has 0 saturated carbocycles. The van der Waals surface area contributed by atoms with E-state index in [2.05, 4.69) is 26.4 Å². The second-order valence-electron chi connectivity index (χ2n) is 6.33. The zero-order valence-corrected chi connectivity index (χ0v) is 12.5. The molecule has 5 nitrogen and oxygen atoms in total. The van der Waals surface area contributed by atoms with Crippen LogP contribution in [0.25, 0.3) is 11.0 Å². The predicted molar refractivity (Wildman–Crippen MR) is 79.9 cm³/mol. The lowest BCUT2D eigenvalue weighted by Crippen LogP contribution is -2.46. The number of hydrogen-bond donors (Lipinski definition) is 0. The molecule has 1 unspecified atom stereocenters. The average molecular weight is 284 g/mol. The second kappa shape index (κ2) is 4.55. The number of pyridine rings is 1. The fraction of sp³-hybridized carbons (Fsp3) is 0.562. The standard InChI is InChI=1S/C16H20N4O/c1-10-18-15-5-6-17-9-16(15)19(10)14-7-12-3-4-13(8-14)20(12)11(2)21/h5-6,9,12-14H,3-4,7-8H2,1-2H3/t12-,13+,14?. The molecule has 3 atom stereocenters. The Kier molecular flexibility index (Phi) is 2.77. The molecular formula is C16H20N4O. The number of aryl methyl sites for hydroxylation is 1. The molecule has 21 heavy (non-hydrogen) atoms. The lowest BCUT2D eigenvalue weighted by atomic mass is 9.96. The van der Waals surface area contributed by atoms with Gasteiger partial charge in [-0.25, -0.2) is 4.98 Å². The number of nitrogens with zero attached hydrogens (tertiary/aromatic N) is 4. The summed E-state index contributed by atoms with van der Waals surface area (Å²) in [7, 11) is 0. The summed E-state index contributed by atoms with van der Waals surface area (Å²) in [5.74, 6) is 1.29. The van der Waals surface area contributed by atoms with Gasteiger partial charge < -0.3 is 9.47 Å². The van der Waals surface area contributed by atoms with Gasteiger partial charge in [0.05, 0.1) is 17.2 Å². The molecule has 2 aliphatic rings. The van der Waals surface area contributed by atoms with Crippen LogP contribution in [0.4, 0.5) is 0 Å². The van der Waals surface area contributed by atoms with Gasteiger partial charge in [0.15, 0.2) is 0 Å². The van der Waals surface area contributed by atoms with E-state index in [0.717, 1.165) is 42.5 Å². The van der Waals surface area contributed by atoms with Crippen molar-refractivity contribution in [2.75, 3.05) is 0 Å². The molecule has 2 aromatic rings. The number of aromatic nitrogens is 3. The lowest BCUT2D eigenvalue weighted by molar-refractivity contribution is -0.133. The van der Waals surface area contributed by atoms with E-state index in [-0.39, 0.29) is 5.91 Å². The molecule has 2 fully saturated rings. The highest BCUT2D eigenvalue weighted by molar-refractivity contribution is 5.75. The van der Waals surface area contributed by atoms with Gasteiger partial charge in [-0.1, -0.05) is 0 Å². The summed E-state index contributed by atoms with van der Waals surface area (Å²) in [4.78, 5) is 22.9. The molecule has 110 valence electrons. The molecule has 2 bridgehead atoms. The zero-order valence-electron chi connectivity index (χ0n) is 12.5. The van der Waals surface area contributed by atoms with Crippen molar-refractivity contribution >= 4 is 16.9 Å². The maximum atomic E-state index is 11.8. The Morgan fingerprint density at radius 3 is 2.62 bits per heavy atom. The number of rotatable bonds is 1. The third-order valence-electron chi connectivity index (χ3n) is 5.11. The summed E-state index contributed by atoms with van der Waals surface area (Å²) < 4.78 is 2.34. The highest BCUT2D eigenvalue weighted by atomic mass is 16.2. The molecule has 2 aromatic heterocycles. The molecule has 0 spiro atoms. The molecule has 0 N–H and O–H groups in total. The Balaban J connectivity index is 1.72. The fourth-order valence-corrected chi connectivity index (χ4v) is 4.40. The largest absolute Gasteiger partial charge is 0.337 e. The Bertz CT molecular complexity index is 693. The van der Waals surface area contributed by atoms with E-state index < -0.39 is 0 Å². The van der Waals surface area contributed by atoms with Gasteiger partial charge in [-0.05, 0) is 38.7 Å². The average Bonchev–Trinajstić information content (AvgIpc) is 2.92. The van der Waals surface area contributed by atoms with Crippen LogP contribution in [0.3, 0.4) is 0 Å². The van der Waals surface area contributed by atoms with E-state index in [9.17, 15) is 4.79 Å². The minimum absolute atomic E-state index is 0.231. The van der Waals surface area contributed by atoms with Gasteiger partial charge in [-0.2, -0.15) is 0 Å². The summed E-state index contributed by atoms with van der Waals surface area (Å²) in [6.07, 6.45) is 8.07. The molecule has 2 aliphatic heterocycles. The van der Waals surface area contributed by atoms with E-state index in [1.54, 1.807) is 13.1 Å². The quantitative estimate of drug-likeness (QED) is 0.808. The van der Waals surface area contributed by atoms with Crippen molar-refractivity contribution in [2.24, 2.45) is 0 Å². The van der Waals surface area contributed by atoms with Crippen LogP contribution in [0.2, 0.25) is 0 Å². The van der Waals surface area contributed by atoms with Crippen LogP contribution in [-0.4, -0.2) is 37.4 Å². The van der Waals surface area contributed by atoms with E-state index in [1.165, 1.54) is 0 Å². The highest BCUT2D eigenvalue weighted by Gasteiger charge is 2.43. The van der Waals surface area contributed by atoms with Crippen LogP contribution in [0, 0.1) is 6.92 Å². The highest BCUT2D eigenvalue weighted by Crippen LogP contribution is 2.42. The van der Waals surface area contributed by atoms with Crippen LogP contribution < -0.4 is 0 Å². The first-order valence-electron chi connectivity index (χ1n) is 7.72. The van der Waals surface area contributed by atoms with Gasteiger partial charge in [0.1, 0.15) is 5.82 Å². The van der Waals surface area contributed by atoms with Crippen LogP contribution >= 0.6 is 0 Å². The Labute approximate surface area is 124 Å². The summed E-state index contributed by atoms with van der Waals surface area (Å²) in [5.41, 5.74) is 2.14. The van der Waals surface area contributed by atoms with Gasteiger partial charge in [0.2, 0.25) is 5.91 Å². The van der Waals surface area contributed by atoms with Crippen molar-refractivity contribution in [3.8, 4) is 0 Å². The first-order chi connectivity index (χ1) is 10.1. The summed E-state index contributed by atoms with van der Waals surface area (Å²) >= 11 is 0. The van der Waals surface area contributed by atoms with Gasteiger partial charge >= 0.3 is 0 Å². The third kappa shape index (κ3) is 1.87. The second-order valence-corrected chi connectivity index (χ2v) is 6.33. The van der Waals surface area contributed by atoms with Crippen molar-refractivity contribution in [3.63, 3.8) is 0 Å². The first kappa shape index (κ1) is 12.8. The molecule has 1 amide bonds. The van der Waals surface area contributed by atoms with E-state index in [0.29, 0.717) is 18.1 Å². The van der Waals surface area contributed by atoms with Gasteiger partial charge in [0.25, 0.3) is 0 Å². The summed E-state index contributed by atoms with van der Waals surface area (Å²) in [6, 6.07) is 3.21. The van der Waals surface area contributed by atoms with Crippen molar-refractivity contribution in [2.45, 2.75) is 57.7 Å². The van der Waals surface area contributed by atoms with E-state index >= 15 is 0 Å². The van der Waals surface area contributed by atoms with Crippen molar-refractivity contribution < 1.29 is 4.79 Å². The number of piperidine rings is 1. The number of amides is 1. The van der Waals surface area contributed by atoms with Gasteiger partial charge in [0, 0.05) is 31.2 Å². The number of imidazole rings is 1. The first-order valence-corrected chi connectivity index (χ1v) is 7.72. The third-order valence-corrected chi connectivity index (χ3v) is 5.11. The number of hydrogen-bond acceptors (Lipinski definition) is 3. The van der Waals surface area contributed by atoms with Crippen molar-refractivity contribution in [1.29, 1.82) is 0 Å². The molecular weight excluding hydrogens is 264 g/mol. The van der Waals surface area contributed by atoms with Crippen LogP contribution in [0.1, 0.15) is 44.5 Å². The molecule has 0 aliphatic carbocycles. The Morgan fingerprint density at radius 1 is 1.24 bits per heavy atom. The molecule has 4 heterocycles. The minimum atomic E-state index is 0.231. The van der Waals surface area contributed by atoms with Crippen molar-refractivity contribution in [3.05, 3.63) is 24.3 Å². The summed E-state index contributed by atoms with van der Waals surface area (Å²) in [6.45, 7) is 3.77. The van der Waals surface area contributed by atoms with Gasteiger partial charge in [-0.15, -0.1) is 0 Å². The molecule has 2 saturated heterocycles. The molecule has 0 radical (unpaired) electrons. The fourth-order valence-electron chi connectivity index (χ4n) is 4.40. The Morgan fingerprint density at radius 2 is 1.95 bits per heavy atom. The zero-order chi connectivity index (χ0) is 14.6. The number of carbonyl (C=O) groups is 1. The van der Waals surface area contributed by atoms with Crippen LogP contribution in [0.5, 0.6) is 0 Å². The Hall–Kier alpha value is -1.91. The topological polar surface area (TPSA) is 51.0 Å². The smallest absolute Gasteiger partial charge is 0.219 e. The van der Waals surface area contributed by atoms with Crippen LogP contribution in [0.15, 0.2) is 18.5 Å². The molecule has 0 aromatic carbocycles. The normalized spacial score (nSPS) is 28.3. The van der Waals surface area contributed by atoms with E-state index in [1.807, 2.05) is 12.3 Å². The summed E-state index contributed by atoms with van der Waals surface area (Å²) in [5, 5.41) is 0. The van der Waals surface area contributed by atoms with Gasteiger partial charge in [-0.3, -0.25) is 9.78 Å². The predicted octanol–water partition coefficient (Wildman–Crippen LogP) is 2.45. The van der Waals surface area contributed by atoms with Crippen molar-refractivity contribution in [1.82, 2.24) is 19.4 Å².